The summed E-state index contributed by atoms with van der Waals surface area (Å²) in [4.78, 5) is 49.2. The van der Waals surface area contributed by atoms with Gasteiger partial charge in [0.2, 0.25) is 5.88 Å². The number of hydrogen-bond donors (Lipinski definition) is 3. The first-order valence-corrected chi connectivity index (χ1v) is 30.9. The molecule has 4 atom stereocenters. The highest BCUT2D eigenvalue weighted by atomic mass is 32.2. The number of carbonyl (C=O) groups is 1. The molecule has 1 amide bonds. The first-order valence-electron chi connectivity index (χ1n) is 29.4. The van der Waals surface area contributed by atoms with Gasteiger partial charge in [-0.05, 0) is 125 Å². The summed E-state index contributed by atoms with van der Waals surface area (Å²) in [5, 5.41) is 16.7. The zero-order valence-corrected chi connectivity index (χ0v) is 47.6. The molecule has 21 nitrogen and oxygen atoms in total. The van der Waals surface area contributed by atoms with Gasteiger partial charge in [-0.3, -0.25) is 19.8 Å². The molecule has 436 valence electrons. The molecule has 1 spiro atoms. The predicted molar refractivity (Wildman–Crippen MR) is 311 cm³/mol. The minimum absolute atomic E-state index is 0.0238. The molecule has 10 heterocycles. The van der Waals surface area contributed by atoms with Gasteiger partial charge in [0.15, 0.2) is 11.4 Å². The number of nitrogens with one attached hydrogen (secondary N) is 3. The van der Waals surface area contributed by atoms with E-state index in [1.807, 2.05) is 36.7 Å². The van der Waals surface area contributed by atoms with Crippen molar-refractivity contribution in [2.45, 2.75) is 113 Å². The van der Waals surface area contributed by atoms with E-state index in [0.29, 0.717) is 61.8 Å². The summed E-state index contributed by atoms with van der Waals surface area (Å²) in [5.41, 5.74) is 6.26. The lowest BCUT2D eigenvalue weighted by molar-refractivity contribution is -0.384. The van der Waals surface area contributed by atoms with E-state index in [0.717, 1.165) is 113 Å². The van der Waals surface area contributed by atoms with E-state index >= 15 is 0 Å². The van der Waals surface area contributed by atoms with Crippen LogP contribution in [0.4, 0.5) is 34.3 Å². The zero-order chi connectivity index (χ0) is 56.6. The van der Waals surface area contributed by atoms with Crippen molar-refractivity contribution < 1.29 is 46.6 Å². The Hall–Kier alpha value is -7.24. The van der Waals surface area contributed by atoms with Crippen molar-refractivity contribution in [1.29, 1.82) is 0 Å². The molecule has 22 heteroatoms. The van der Waals surface area contributed by atoms with Crippen molar-refractivity contribution in [2.24, 2.45) is 11.3 Å². The number of aromatic nitrogens is 3. The summed E-state index contributed by atoms with van der Waals surface area (Å²) >= 11 is 0. The van der Waals surface area contributed by atoms with E-state index in [2.05, 4.69) is 78.8 Å². The van der Waals surface area contributed by atoms with Gasteiger partial charge in [-0.2, -0.15) is 4.98 Å². The van der Waals surface area contributed by atoms with Crippen LogP contribution in [-0.2, 0) is 37.3 Å². The van der Waals surface area contributed by atoms with Gasteiger partial charge in [-0.25, -0.2) is 18.1 Å². The lowest BCUT2D eigenvalue weighted by atomic mass is 9.59. The number of amides is 1. The van der Waals surface area contributed by atoms with Crippen LogP contribution >= 0.6 is 0 Å². The average molecular weight is 1150 g/mol. The highest BCUT2D eigenvalue weighted by Gasteiger charge is 2.51. The molecule has 3 aromatic heterocycles. The summed E-state index contributed by atoms with van der Waals surface area (Å²) in [5.74, 6) is 1.59. The summed E-state index contributed by atoms with van der Waals surface area (Å²) in [6.07, 6.45) is 10.4. The number of carbonyl (C=O) groups excluding carboxylic acids is 1. The molecule has 4 saturated heterocycles. The largest absolute Gasteiger partial charge is 0.491 e. The molecule has 0 radical (unpaired) electrons. The number of nitro groups is 1. The van der Waals surface area contributed by atoms with Crippen LogP contribution in [0, 0.1) is 21.4 Å². The van der Waals surface area contributed by atoms with Crippen LogP contribution in [0.25, 0.3) is 11.0 Å². The van der Waals surface area contributed by atoms with Crippen molar-refractivity contribution >= 4 is 61.2 Å². The molecular formula is C61H70N10O11S. The van der Waals surface area contributed by atoms with Gasteiger partial charge in [0, 0.05) is 105 Å². The van der Waals surface area contributed by atoms with E-state index in [1.54, 1.807) is 6.07 Å². The number of H-pyrrole nitrogens is 1. The smallest absolute Gasteiger partial charge is 0.297 e. The Morgan fingerprint density at radius 2 is 1.73 bits per heavy atom. The number of sulfonamides is 1. The molecular weight excluding hydrogens is 1080 g/mol. The number of pyridine rings is 2. The maximum Gasteiger partial charge on any atom is 0.297 e. The van der Waals surface area contributed by atoms with Gasteiger partial charge in [-0.15, -0.1) is 0 Å². The summed E-state index contributed by atoms with van der Waals surface area (Å²) < 4.78 is 67.9. The number of piperazine rings is 1. The van der Waals surface area contributed by atoms with Gasteiger partial charge in [-0.1, -0.05) is 18.2 Å². The minimum Gasteiger partial charge on any atom is -0.491 e. The highest BCUT2D eigenvalue weighted by molar-refractivity contribution is 7.90. The van der Waals surface area contributed by atoms with E-state index in [1.165, 1.54) is 22.8 Å². The van der Waals surface area contributed by atoms with Gasteiger partial charge >= 0.3 is 0 Å². The Labute approximate surface area is 482 Å². The fraction of sp³-hybridized carbons (Fsp3) is 0.492. The van der Waals surface area contributed by atoms with E-state index in [9.17, 15) is 23.3 Å². The predicted octanol–water partition coefficient (Wildman–Crippen LogP) is 8.44. The topological polar surface area (TPSA) is 228 Å². The van der Waals surface area contributed by atoms with Crippen LogP contribution in [0.15, 0.2) is 90.1 Å². The number of piperidine rings is 1. The maximum atomic E-state index is 15.0. The Morgan fingerprint density at radius 1 is 0.904 bits per heavy atom. The number of ether oxygens (including phenoxy) is 6. The normalized spacial score (nSPS) is 23.7. The van der Waals surface area contributed by atoms with Crippen molar-refractivity contribution in [3.05, 3.63) is 118 Å². The van der Waals surface area contributed by atoms with Crippen molar-refractivity contribution in [1.82, 2.24) is 24.6 Å². The molecule has 6 aromatic rings. The third-order valence-electron chi connectivity index (χ3n) is 18.7. The van der Waals surface area contributed by atoms with Crippen LogP contribution < -0.4 is 38.9 Å². The zero-order valence-electron chi connectivity index (χ0n) is 46.8. The van der Waals surface area contributed by atoms with Gasteiger partial charge in [0.05, 0.1) is 65.1 Å². The average Bonchev–Trinajstić information content (AvgIpc) is 4.22. The molecule has 0 bridgehead atoms. The molecule has 3 N–H and O–H groups in total. The number of hydrogen-bond acceptors (Lipinski definition) is 18. The lowest BCUT2D eigenvalue weighted by Gasteiger charge is -2.58. The first-order chi connectivity index (χ1) is 40.3. The van der Waals surface area contributed by atoms with Crippen LogP contribution in [0.2, 0.25) is 0 Å². The SMILES string of the molecule is CC(C)Oc1ccccc1[C@@H]1CN(c2nccc3c2COCC3)CCN1C1CC2(CCN(c3ccc(C(=O)NS(=O)(=O)c4cc5c(c([N+](=O)[O-])c4)N[C@H](C4CCOCC4)CO5)c(N4c5cc6cc[nH]c6nc5O[C@H]5COCC[C@@H]54)c3)CC2)C1. The number of para-hydroxylation sites is 1. The number of fused-ring (bicyclic) bond motifs is 5. The summed E-state index contributed by atoms with van der Waals surface area (Å²) in [6.45, 7) is 11.7. The number of benzene rings is 3. The quantitative estimate of drug-likeness (QED) is 0.0771. The third-order valence-corrected chi connectivity index (χ3v) is 20.0. The molecule has 5 fully saturated rings. The van der Waals surface area contributed by atoms with E-state index in [-0.39, 0.29) is 65.8 Å². The fourth-order valence-corrected chi connectivity index (χ4v) is 15.4. The lowest BCUT2D eigenvalue weighted by Crippen LogP contribution is -2.60. The standard InChI is InChI=1S/C61H70N10O11S/c1-37(2)81-53-6-4-3-5-44(53)52-33-68(58-46-34-78-25-11-38(46)9-18-63-58)21-22-69(52)42-31-61(32-42)15-19-67(20-16-61)41-7-8-45(49(28-41)70-48-14-26-79-36-55(48)82-60-51(70)27-40-10-17-62-57(40)65-60)59(72)66-83(75,76)43-29-50(71(73)74)56-54(30-43)80-35-47(64-56)39-12-23-77-24-13-39/h3-10,17-18,27-30,37,39,42,47-48,52,55,64H,11-16,19-26,31-36H2,1-2H3,(H,62,65)(H,66,72)/t47-,48-,52-,55-/m0/s1. The van der Waals surface area contributed by atoms with Crippen molar-refractivity contribution in [2.75, 3.05) is 92.4 Å². The highest BCUT2D eigenvalue weighted by Crippen LogP contribution is 2.54. The number of rotatable bonds is 12. The summed E-state index contributed by atoms with van der Waals surface area (Å²) in [7, 11) is -4.72. The molecule has 0 unspecified atom stereocenters. The van der Waals surface area contributed by atoms with Crippen LogP contribution in [-0.4, -0.2) is 142 Å². The van der Waals surface area contributed by atoms with E-state index < -0.39 is 37.5 Å². The molecule has 1 saturated carbocycles. The van der Waals surface area contributed by atoms with Gasteiger partial charge in [0.25, 0.3) is 21.6 Å². The van der Waals surface area contributed by atoms with Crippen LogP contribution in [0.3, 0.4) is 0 Å². The van der Waals surface area contributed by atoms with Crippen LogP contribution in [0.5, 0.6) is 17.4 Å². The molecule has 1 aliphatic carbocycles. The third kappa shape index (κ3) is 10.1. The number of anilines is 5. The molecule has 8 aliphatic rings. The molecule has 7 aliphatic heterocycles. The number of nitrogens with zero attached hydrogens (tertiary/aromatic N) is 7. The Kier molecular flexibility index (Phi) is 14.1. The van der Waals surface area contributed by atoms with Crippen molar-refractivity contribution in [3.8, 4) is 17.4 Å². The second kappa shape index (κ2) is 21.7. The Balaban J connectivity index is 0.743. The number of nitro benzene ring substituents is 1. The van der Waals surface area contributed by atoms with Gasteiger partial charge < -0.3 is 53.4 Å². The molecule has 3 aromatic carbocycles. The second-order valence-electron chi connectivity index (χ2n) is 23.9. The minimum atomic E-state index is -4.72. The second-order valence-corrected chi connectivity index (χ2v) is 25.6. The molecule has 14 rings (SSSR count). The monoisotopic (exact) mass is 1150 g/mol. The molecule has 83 heavy (non-hydrogen) atoms. The maximum absolute atomic E-state index is 15.0. The summed E-state index contributed by atoms with van der Waals surface area (Å²) in [6, 6.07) is 22.3. The number of aromatic amines is 1. The Bertz CT molecular complexity index is 3580. The first kappa shape index (κ1) is 53.7. The van der Waals surface area contributed by atoms with Crippen LogP contribution in [0.1, 0.15) is 91.9 Å². The fourth-order valence-electron chi connectivity index (χ4n) is 14.4. The van der Waals surface area contributed by atoms with Gasteiger partial charge in [0.1, 0.15) is 35.6 Å². The van der Waals surface area contributed by atoms with Crippen molar-refractivity contribution in [3.63, 3.8) is 0 Å². The Morgan fingerprint density at radius 3 is 2.57 bits per heavy atom. The van der Waals surface area contributed by atoms with E-state index in [4.69, 9.17) is 38.4 Å².